The molecule has 6 heteroatoms. The largest absolute Gasteiger partial charge is 0.438 e. The van der Waals surface area contributed by atoms with Gasteiger partial charge in [0.1, 0.15) is 11.5 Å². The van der Waals surface area contributed by atoms with Crippen molar-refractivity contribution in [3.8, 4) is 17.4 Å². The van der Waals surface area contributed by atoms with Crippen LogP contribution in [0.1, 0.15) is 16.7 Å². The van der Waals surface area contributed by atoms with E-state index in [0.29, 0.717) is 19.0 Å². The van der Waals surface area contributed by atoms with E-state index in [1.54, 1.807) is 18.3 Å². The number of para-hydroxylation sites is 1. The Bertz CT molecular complexity index is 870. The lowest BCUT2D eigenvalue weighted by Crippen LogP contribution is -2.13. The van der Waals surface area contributed by atoms with E-state index in [1.165, 1.54) is 12.1 Å². The van der Waals surface area contributed by atoms with Crippen LogP contribution < -0.4 is 14.8 Å². The smallest absolute Gasteiger partial charge is 0.387 e. The fourth-order valence-electron chi connectivity index (χ4n) is 2.56. The van der Waals surface area contributed by atoms with Gasteiger partial charge in [-0.25, -0.2) is 4.98 Å². The van der Waals surface area contributed by atoms with Crippen LogP contribution in [0, 0.1) is 6.92 Å². The van der Waals surface area contributed by atoms with Crippen molar-refractivity contribution in [3.63, 3.8) is 0 Å². The minimum Gasteiger partial charge on any atom is -0.438 e. The lowest BCUT2D eigenvalue weighted by atomic mass is 10.2. The quantitative estimate of drug-likeness (QED) is 0.601. The van der Waals surface area contributed by atoms with Gasteiger partial charge in [0.2, 0.25) is 5.88 Å². The molecule has 3 rings (SSSR count). The average Bonchev–Trinajstić information content (AvgIpc) is 2.66. The lowest BCUT2D eigenvalue weighted by Gasteiger charge is -2.12. The number of alkyl halides is 2. The van der Waals surface area contributed by atoms with Crippen molar-refractivity contribution in [3.05, 3.63) is 83.6 Å². The molecule has 0 saturated heterocycles. The van der Waals surface area contributed by atoms with Crippen LogP contribution in [0.3, 0.4) is 0 Å². The summed E-state index contributed by atoms with van der Waals surface area (Å²) in [5.74, 6) is 1.47. The van der Waals surface area contributed by atoms with Crippen LogP contribution in [0.15, 0.2) is 66.9 Å². The van der Waals surface area contributed by atoms with Crippen LogP contribution in [-0.2, 0) is 13.1 Å². The molecule has 0 amide bonds. The van der Waals surface area contributed by atoms with Crippen molar-refractivity contribution in [2.75, 3.05) is 0 Å². The summed E-state index contributed by atoms with van der Waals surface area (Å²) in [5.41, 5.74) is 2.92. The summed E-state index contributed by atoms with van der Waals surface area (Å²) in [6, 6.07) is 18.1. The summed E-state index contributed by atoms with van der Waals surface area (Å²) in [6.45, 7) is 0.307. The van der Waals surface area contributed by atoms with Gasteiger partial charge in [0.25, 0.3) is 0 Å². The van der Waals surface area contributed by atoms with Crippen LogP contribution in [0.2, 0.25) is 0 Å². The Morgan fingerprint density at radius 2 is 1.74 bits per heavy atom. The lowest BCUT2D eigenvalue weighted by molar-refractivity contribution is -0.0498. The van der Waals surface area contributed by atoms with E-state index in [9.17, 15) is 8.78 Å². The van der Waals surface area contributed by atoms with Gasteiger partial charge in [-0.2, -0.15) is 8.78 Å². The molecule has 1 aromatic heterocycles. The highest BCUT2D eigenvalue weighted by Crippen LogP contribution is 2.25. The first kappa shape index (κ1) is 18.8. The van der Waals surface area contributed by atoms with Gasteiger partial charge < -0.3 is 14.8 Å². The first-order chi connectivity index (χ1) is 13.1. The Labute approximate surface area is 156 Å². The molecule has 0 radical (unpaired) electrons. The molecule has 0 spiro atoms. The highest BCUT2D eigenvalue weighted by Gasteiger charge is 2.08. The summed E-state index contributed by atoms with van der Waals surface area (Å²) in [5, 5.41) is 3.31. The van der Waals surface area contributed by atoms with Crippen molar-refractivity contribution < 1.29 is 18.3 Å². The molecule has 0 atom stereocenters. The number of rotatable bonds is 8. The number of nitrogens with one attached hydrogen (secondary N) is 1. The second kappa shape index (κ2) is 9.09. The molecule has 0 saturated carbocycles. The van der Waals surface area contributed by atoms with E-state index in [4.69, 9.17) is 4.74 Å². The van der Waals surface area contributed by atoms with E-state index in [0.717, 1.165) is 22.4 Å². The number of halogens is 2. The fraction of sp³-hybridized carbons (Fsp3) is 0.190. The molecule has 140 valence electrons. The average molecular weight is 370 g/mol. The number of hydrogen-bond acceptors (Lipinski definition) is 4. The number of nitrogens with zero attached hydrogens (tertiary/aromatic N) is 1. The van der Waals surface area contributed by atoms with Gasteiger partial charge in [0.15, 0.2) is 0 Å². The number of hydrogen-bond donors (Lipinski definition) is 1. The van der Waals surface area contributed by atoms with Crippen molar-refractivity contribution in [1.29, 1.82) is 0 Å². The Morgan fingerprint density at radius 3 is 2.48 bits per heavy atom. The third-order valence-electron chi connectivity index (χ3n) is 3.94. The first-order valence-corrected chi connectivity index (χ1v) is 8.53. The Hall–Kier alpha value is -2.99. The molecular formula is C21H20F2N2O2. The number of aromatic nitrogens is 1. The van der Waals surface area contributed by atoms with Crippen molar-refractivity contribution in [2.45, 2.75) is 26.6 Å². The molecule has 27 heavy (non-hydrogen) atoms. The fourth-order valence-corrected chi connectivity index (χ4v) is 2.56. The number of benzene rings is 2. The van der Waals surface area contributed by atoms with Crippen LogP contribution in [-0.4, -0.2) is 11.6 Å². The zero-order valence-electron chi connectivity index (χ0n) is 14.9. The normalized spacial score (nSPS) is 10.8. The maximum absolute atomic E-state index is 12.2. The monoisotopic (exact) mass is 370 g/mol. The maximum atomic E-state index is 12.2. The van der Waals surface area contributed by atoms with Crippen LogP contribution in [0.5, 0.6) is 17.4 Å². The molecular weight excluding hydrogens is 350 g/mol. The number of aryl methyl sites for hydroxylation is 1. The third kappa shape index (κ3) is 5.49. The van der Waals surface area contributed by atoms with E-state index in [2.05, 4.69) is 15.0 Å². The van der Waals surface area contributed by atoms with Gasteiger partial charge in [-0.1, -0.05) is 36.4 Å². The Balaban J connectivity index is 1.59. The predicted octanol–water partition coefficient (Wildman–Crippen LogP) is 5.07. The molecule has 0 aliphatic carbocycles. The minimum absolute atomic E-state index is 0.148. The van der Waals surface area contributed by atoms with Gasteiger partial charge >= 0.3 is 6.61 Å². The molecule has 0 fully saturated rings. The standard InChI is InChI=1S/C21H20F2N2O2/c1-15-5-2-3-7-19(15)27-20-17(6-4-12-25-20)14-24-13-16-8-10-18(11-9-16)26-21(22)23/h2-12,21,24H,13-14H2,1H3. The molecule has 1 heterocycles. The zero-order chi connectivity index (χ0) is 19.1. The van der Waals surface area contributed by atoms with Crippen molar-refractivity contribution >= 4 is 0 Å². The summed E-state index contributed by atoms with van der Waals surface area (Å²) >= 11 is 0. The van der Waals surface area contributed by atoms with Gasteiger partial charge in [0.05, 0.1) is 0 Å². The highest BCUT2D eigenvalue weighted by atomic mass is 19.3. The van der Waals surface area contributed by atoms with E-state index in [-0.39, 0.29) is 5.75 Å². The Morgan fingerprint density at radius 1 is 0.963 bits per heavy atom. The van der Waals surface area contributed by atoms with Gasteiger partial charge in [0, 0.05) is 24.8 Å². The maximum Gasteiger partial charge on any atom is 0.387 e. The van der Waals surface area contributed by atoms with Crippen molar-refractivity contribution in [1.82, 2.24) is 10.3 Å². The molecule has 0 aliphatic heterocycles. The summed E-state index contributed by atoms with van der Waals surface area (Å²) in [6.07, 6.45) is 1.69. The topological polar surface area (TPSA) is 43.4 Å². The predicted molar refractivity (Wildman–Crippen MR) is 99.1 cm³/mol. The highest BCUT2D eigenvalue weighted by molar-refractivity contribution is 5.37. The molecule has 3 aromatic rings. The Kier molecular flexibility index (Phi) is 6.33. The summed E-state index contributed by atoms with van der Waals surface area (Å²) in [7, 11) is 0. The molecule has 0 aliphatic rings. The van der Waals surface area contributed by atoms with Gasteiger partial charge in [-0.15, -0.1) is 0 Å². The number of ether oxygens (including phenoxy) is 2. The third-order valence-corrected chi connectivity index (χ3v) is 3.94. The van der Waals surface area contributed by atoms with Crippen molar-refractivity contribution in [2.24, 2.45) is 0 Å². The minimum atomic E-state index is -2.81. The zero-order valence-corrected chi connectivity index (χ0v) is 14.9. The molecule has 1 N–H and O–H groups in total. The van der Waals surface area contributed by atoms with Gasteiger partial charge in [-0.05, 0) is 42.3 Å². The van der Waals surface area contributed by atoms with E-state index < -0.39 is 6.61 Å². The van der Waals surface area contributed by atoms with Gasteiger partial charge in [-0.3, -0.25) is 0 Å². The van der Waals surface area contributed by atoms with E-state index in [1.807, 2.05) is 43.3 Å². The molecule has 4 nitrogen and oxygen atoms in total. The van der Waals surface area contributed by atoms with Crippen LogP contribution in [0.4, 0.5) is 8.78 Å². The second-order valence-electron chi connectivity index (χ2n) is 5.96. The molecule has 0 unspecified atom stereocenters. The summed E-state index contributed by atoms with van der Waals surface area (Å²) < 4.78 is 34.7. The first-order valence-electron chi connectivity index (χ1n) is 8.53. The summed E-state index contributed by atoms with van der Waals surface area (Å²) in [4.78, 5) is 4.33. The molecule has 0 bridgehead atoms. The van der Waals surface area contributed by atoms with E-state index >= 15 is 0 Å². The number of pyridine rings is 1. The van der Waals surface area contributed by atoms with Crippen LogP contribution >= 0.6 is 0 Å². The molecule has 2 aromatic carbocycles. The second-order valence-corrected chi connectivity index (χ2v) is 5.96. The SMILES string of the molecule is Cc1ccccc1Oc1ncccc1CNCc1ccc(OC(F)F)cc1. The van der Waals surface area contributed by atoms with Crippen LogP contribution in [0.25, 0.3) is 0 Å².